The molecule has 3 aliphatic carbocycles. The van der Waals surface area contributed by atoms with E-state index in [1.165, 1.54) is 0 Å². The SMILES string of the molecule is CCCC(=O)O[C@H]1C[C@]23[C@H](O)OC4OC(=O)[C@H](CC[C@@H]2[C@@]2(C)CCCC(C)(C)[C@H]12)[C@@H]43. The highest BCUT2D eigenvalue weighted by Gasteiger charge is 2.76. The van der Waals surface area contributed by atoms with Crippen molar-refractivity contribution in [1.29, 1.82) is 0 Å². The van der Waals surface area contributed by atoms with Gasteiger partial charge in [0.25, 0.3) is 0 Å². The van der Waals surface area contributed by atoms with Gasteiger partial charge in [-0.1, -0.05) is 34.1 Å². The minimum atomic E-state index is -0.983. The Hall–Kier alpha value is -1.14. The van der Waals surface area contributed by atoms with E-state index in [4.69, 9.17) is 14.2 Å². The first-order valence-electron chi connectivity index (χ1n) is 11.9. The fourth-order valence-corrected chi connectivity index (χ4v) is 8.87. The molecule has 0 aromatic heterocycles. The van der Waals surface area contributed by atoms with Gasteiger partial charge < -0.3 is 19.3 Å². The quantitative estimate of drug-likeness (QED) is 0.700. The molecular formula is C24H36O6. The summed E-state index contributed by atoms with van der Waals surface area (Å²) in [5.74, 6) is -0.244. The van der Waals surface area contributed by atoms with E-state index >= 15 is 0 Å². The molecule has 2 heterocycles. The van der Waals surface area contributed by atoms with E-state index in [0.29, 0.717) is 12.8 Å². The van der Waals surface area contributed by atoms with Crippen LogP contribution in [0.1, 0.15) is 79.1 Å². The summed E-state index contributed by atoms with van der Waals surface area (Å²) in [6.45, 7) is 8.96. The zero-order valence-electron chi connectivity index (χ0n) is 18.7. The largest absolute Gasteiger partial charge is 0.462 e. The lowest BCUT2D eigenvalue weighted by Gasteiger charge is -2.66. The average molecular weight is 421 g/mol. The summed E-state index contributed by atoms with van der Waals surface area (Å²) >= 11 is 0. The van der Waals surface area contributed by atoms with Crippen LogP contribution in [0.5, 0.6) is 0 Å². The van der Waals surface area contributed by atoms with Crippen molar-refractivity contribution in [1.82, 2.24) is 0 Å². The number of rotatable bonds is 3. The highest BCUT2D eigenvalue weighted by Crippen LogP contribution is 2.73. The first-order chi connectivity index (χ1) is 14.1. The van der Waals surface area contributed by atoms with E-state index in [0.717, 1.165) is 38.5 Å². The van der Waals surface area contributed by atoms with Gasteiger partial charge in [0.05, 0.1) is 5.92 Å². The van der Waals surface area contributed by atoms with Crippen molar-refractivity contribution in [2.75, 3.05) is 0 Å². The van der Waals surface area contributed by atoms with E-state index in [2.05, 4.69) is 20.8 Å². The van der Waals surface area contributed by atoms with Crippen molar-refractivity contribution in [3.8, 4) is 0 Å². The van der Waals surface area contributed by atoms with E-state index in [1.807, 2.05) is 6.92 Å². The highest BCUT2D eigenvalue weighted by atomic mass is 16.8. The summed E-state index contributed by atoms with van der Waals surface area (Å²) in [5.41, 5.74) is -0.614. The Bertz CT molecular complexity index is 748. The molecular weight excluding hydrogens is 384 g/mol. The Morgan fingerprint density at radius 1 is 1.23 bits per heavy atom. The third-order valence-corrected chi connectivity index (χ3v) is 9.57. The normalized spacial score (nSPS) is 50.8. The van der Waals surface area contributed by atoms with E-state index < -0.39 is 18.0 Å². The standard InChI is InChI=1S/C24H36O6/c1-5-7-16(25)28-14-12-24-15(23(4)11-6-10-22(2,3)18(14)23)9-8-13-17(24)20(29-19(13)26)30-21(24)27/h13-15,17-18,20-21,27H,5-12H2,1-4H3/t13-,14+,15-,17+,18+,20?,21-,23-,24+/m1/s1. The van der Waals surface area contributed by atoms with Crippen LogP contribution in [0.4, 0.5) is 0 Å². The molecule has 5 aliphatic rings. The predicted molar refractivity (Wildman–Crippen MR) is 108 cm³/mol. The maximum absolute atomic E-state index is 12.6. The molecule has 30 heavy (non-hydrogen) atoms. The number of hydrogen-bond donors (Lipinski definition) is 1. The third kappa shape index (κ3) is 2.55. The summed E-state index contributed by atoms with van der Waals surface area (Å²) in [4.78, 5) is 25.1. The molecule has 0 amide bonds. The van der Waals surface area contributed by atoms with Crippen molar-refractivity contribution in [3.63, 3.8) is 0 Å². The monoisotopic (exact) mass is 420 g/mol. The second-order valence-electron chi connectivity index (χ2n) is 11.5. The molecule has 2 aliphatic heterocycles. The van der Waals surface area contributed by atoms with Crippen LogP contribution in [0, 0.1) is 39.9 Å². The summed E-state index contributed by atoms with van der Waals surface area (Å²) in [5, 5.41) is 11.3. The third-order valence-electron chi connectivity index (χ3n) is 9.57. The van der Waals surface area contributed by atoms with Crippen molar-refractivity contribution in [2.45, 2.75) is 97.7 Å². The van der Waals surface area contributed by atoms with Gasteiger partial charge in [-0.2, -0.15) is 0 Å². The van der Waals surface area contributed by atoms with Gasteiger partial charge in [-0.15, -0.1) is 0 Å². The molecule has 6 heteroatoms. The zero-order chi connectivity index (χ0) is 21.5. The number of hydrogen-bond acceptors (Lipinski definition) is 6. The lowest BCUT2D eigenvalue weighted by atomic mass is 9.38. The lowest BCUT2D eigenvalue weighted by molar-refractivity contribution is -0.267. The van der Waals surface area contributed by atoms with Gasteiger partial charge in [0.15, 0.2) is 6.29 Å². The molecule has 6 nitrogen and oxygen atoms in total. The molecule has 5 rings (SSSR count). The van der Waals surface area contributed by atoms with Crippen LogP contribution in [-0.2, 0) is 23.8 Å². The highest BCUT2D eigenvalue weighted by molar-refractivity contribution is 5.76. The Morgan fingerprint density at radius 3 is 2.73 bits per heavy atom. The number of fused-ring (bicyclic) bond motifs is 2. The van der Waals surface area contributed by atoms with Gasteiger partial charge in [0.2, 0.25) is 6.29 Å². The minimum absolute atomic E-state index is 0.0500. The number of aliphatic hydroxyl groups is 1. The fourth-order valence-electron chi connectivity index (χ4n) is 8.87. The van der Waals surface area contributed by atoms with Crippen LogP contribution in [0.2, 0.25) is 0 Å². The Balaban J connectivity index is 1.61. The molecule has 3 saturated carbocycles. The van der Waals surface area contributed by atoms with Gasteiger partial charge in [0, 0.05) is 23.7 Å². The molecule has 0 bridgehead atoms. The molecule has 0 radical (unpaired) electrons. The second kappa shape index (κ2) is 6.68. The van der Waals surface area contributed by atoms with Crippen LogP contribution >= 0.6 is 0 Å². The first-order valence-corrected chi connectivity index (χ1v) is 11.9. The van der Waals surface area contributed by atoms with E-state index in [1.54, 1.807) is 0 Å². The Kier molecular flexibility index (Phi) is 4.62. The molecule has 0 aromatic rings. The van der Waals surface area contributed by atoms with Gasteiger partial charge in [-0.05, 0) is 55.3 Å². The van der Waals surface area contributed by atoms with Crippen LogP contribution in [0.3, 0.4) is 0 Å². The number of ether oxygens (including phenoxy) is 3. The second-order valence-corrected chi connectivity index (χ2v) is 11.5. The van der Waals surface area contributed by atoms with Crippen LogP contribution in [-0.4, -0.2) is 35.7 Å². The molecule has 2 saturated heterocycles. The van der Waals surface area contributed by atoms with E-state index in [-0.39, 0.29) is 52.5 Å². The number of esters is 2. The summed E-state index contributed by atoms with van der Waals surface area (Å²) in [7, 11) is 0. The predicted octanol–water partition coefficient (Wildman–Crippen LogP) is 3.79. The summed E-state index contributed by atoms with van der Waals surface area (Å²) < 4.78 is 17.6. The fraction of sp³-hybridized carbons (Fsp3) is 0.917. The molecule has 1 N–H and O–H groups in total. The number of carbonyl (C=O) groups is 2. The zero-order valence-corrected chi connectivity index (χ0v) is 18.7. The van der Waals surface area contributed by atoms with E-state index in [9.17, 15) is 14.7 Å². The van der Waals surface area contributed by atoms with Gasteiger partial charge in [-0.3, -0.25) is 9.59 Å². The van der Waals surface area contributed by atoms with Gasteiger partial charge >= 0.3 is 11.9 Å². The summed E-state index contributed by atoms with van der Waals surface area (Å²) in [6.07, 6.45) is 4.80. The minimum Gasteiger partial charge on any atom is -0.462 e. The molecule has 1 spiro atoms. The Morgan fingerprint density at radius 2 is 2.00 bits per heavy atom. The topological polar surface area (TPSA) is 82.1 Å². The number of aliphatic hydroxyl groups excluding tert-OH is 1. The molecule has 168 valence electrons. The molecule has 0 aromatic carbocycles. The van der Waals surface area contributed by atoms with Crippen molar-refractivity contribution >= 4 is 11.9 Å². The lowest BCUT2D eigenvalue weighted by Crippen LogP contribution is -2.66. The van der Waals surface area contributed by atoms with Crippen LogP contribution in [0.25, 0.3) is 0 Å². The molecule has 5 fully saturated rings. The maximum atomic E-state index is 12.6. The van der Waals surface area contributed by atoms with Gasteiger partial charge in [0.1, 0.15) is 6.10 Å². The average Bonchev–Trinajstić information content (AvgIpc) is 3.10. The van der Waals surface area contributed by atoms with Crippen LogP contribution in [0.15, 0.2) is 0 Å². The molecule has 9 atom stereocenters. The van der Waals surface area contributed by atoms with Gasteiger partial charge in [-0.25, -0.2) is 0 Å². The number of carbonyl (C=O) groups excluding carboxylic acids is 2. The van der Waals surface area contributed by atoms with Crippen molar-refractivity contribution in [2.24, 2.45) is 39.9 Å². The van der Waals surface area contributed by atoms with Crippen LogP contribution < -0.4 is 0 Å². The first kappa shape index (κ1) is 20.7. The smallest absolute Gasteiger partial charge is 0.311 e. The maximum Gasteiger partial charge on any atom is 0.311 e. The Labute approximate surface area is 179 Å². The summed E-state index contributed by atoms with van der Waals surface area (Å²) in [6, 6.07) is 0. The van der Waals surface area contributed by atoms with Crippen molar-refractivity contribution < 1.29 is 28.9 Å². The van der Waals surface area contributed by atoms with Crippen molar-refractivity contribution in [3.05, 3.63) is 0 Å². The molecule has 1 unspecified atom stereocenters.